The van der Waals surface area contributed by atoms with Crippen molar-refractivity contribution in [1.82, 2.24) is 5.53 Å². The smallest absolute Gasteiger partial charge is 0.118 e. The van der Waals surface area contributed by atoms with Gasteiger partial charge in [-0.25, -0.2) is 0 Å². The van der Waals surface area contributed by atoms with Crippen molar-refractivity contribution in [1.29, 1.82) is 0 Å². The fourth-order valence-corrected chi connectivity index (χ4v) is 0.970. The molecule has 0 aliphatic carbocycles. The molecule has 0 saturated carbocycles. The first-order chi connectivity index (χ1) is 4.88. The Labute approximate surface area is 58.1 Å². The van der Waals surface area contributed by atoms with Gasteiger partial charge in [0.2, 0.25) is 0 Å². The maximum atomic E-state index is 3.86. The van der Waals surface area contributed by atoms with Crippen molar-refractivity contribution in [2.75, 3.05) is 0 Å². The summed E-state index contributed by atoms with van der Waals surface area (Å²) in [6.45, 7) is 2.00. The highest BCUT2D eigenvalue weighted by Crippen LogP contribution is 1.84. The van der Waals surface area contributed by atoms with Gasteiger partial charge < -0.3 is 0 Å². The Hall–Kier alpha value is -1.38. The van der Waals surface area contributed by atoms with Gasteiger partial charge in [-0.05, 0) is 24.1 Å². The van der Waals surface area contributed by atoms with Gasteiger partial charge in [0.1, 0.15) is 10.7 Å². The molecule has 3 nitrogen and oxygen atoms in total. The molecule has 1 aliphatic heterocycles. The standard InChI is InChI=1S/C7H6N3/c1-5-3-2-4-6-7(5)9-10-8-6/h2-4H,1H3. The van der Waals surface area contributed by atoms with Gasteiger partial charge in [-0.2, -0.15) is 0 Å². The van der Waals surface area contributed by atoms with E-state index in [0.717, 1.165) is 16.3 Å². The molecule has 0 fully saturated rings. The first kappa shape index (κ1) is 5.41. The summed E-state index contributed by atoms with van der Waals surface area (Å²) in [4.78, 5) is 0. The lowest BCUT2D eigenvalue weighted by Crippen LogP contribution is -2.23. The minimum Gasteiger partial charge on any atom is -0.128 e. The molecule has 3 heteroatoms. The number of hydrogen-bond acceptors (Lipinski definition) is 2. The van der Waals surface area contributed by atoms with Gasteiger partial charge in [-0.1, -0.05) is 12.1 Å². The van der Waals surface area contributed by atoms with E-state index in [1.165, 1.54) is 0 Å². The van der Waals surface area contributed by atoms with Crippen molar-refractivity contribution in [2.45, 2.75) is 6.92 Å². The largest absolute Gasteiger partial charge is 0.128 e. The lowest BCUT2D eigenvalue weighted by atomic mass is 10.2. The zero-order chi connectivity index (χ0) is 6.97. The Morgan fingerprint density at radius 2 is 2.10 bits per heavy atom. The second kappa shape index (κ2) is 1.80. The van der Waals surface area contributed by atoms with Crippen LogP contribution < -0.4 is 16.2 Å². The summed E-state index contributed by atoms with van der Waals surface area (Å²) in [7, 11) is 0. The Balaban J connectivity index is 2.97. The zero-order valence-corrected chi connectivity index (χ0v) is 5.57. The Morgan fingerprint density at radius 3 is 2.90 bits per heavy atom. The fourth-order valence-electron chi connectivity index (χ4n) is 0.970. The minimum atomic E-state index is 0.875. The zero-order valence-electron chi connectivity index (χ0n) is 5.57. The molecule has 1 aromatic carbocycles. The van der Waals surface area contributed by atoms with Crippen LogP contribution in [0.25, 0.3) is 0 Å². The van der Waals surface area contributed by atoms with Crippen molar-refractivity contribution in [3.8, 4) is 0 Å². The molecule has 0 aromatic heterocycles. The Morgan fingerprint density at radius 1 is 1.20 bits per heavy atom. The van der Waals surface area contributed by atoms with Crippen LogP contribution in [-0.2, 0) is 0 Å². The van der Waals surface area contributed by atoms with Crippen molar-refractivity contribution < 1.29 is 0 Å². The number of nitrogens with zero attached hydrogens (tertiary/aromatic N) is 3. The summed E-state index contributed by atoms with van der Waals surface area (Å²) >= 11 is 0. The molecule has 1 aromatic rings. The molecule has 0 amide bonds. The maximum Gasteiger partial charge on any atom is 0.118 e. The van der Waals surface area contributed by atoms with Gasteiger partial charge >= 0.3 is 0 Å². The lowest BCUT2D eigenvalue weighted by molar-refractivity contribution is 0.779. The molecule has 0 N–H and O–H groups in total. The Kier molecular flexibility index (Phi) is 0.974. The Bertz CT molecular complexity index is 367. The number of fused-ring (bicyclic) bond motifs is 1. The second-order valence-corrected chi connectivity index (χ2v) is 2.23. The first-order valence-electron chi connectivity index (χ1n) is 3.09. The van der Waals surface area contributed by atoms with Gasteiger partial charge in [-0.3, -0.25) is 0 Å². The molecular formula is C7H6N3. The molecule has 0 unspecified atom stereocenters. The number of benzene rings is 1. The van der Waals surface area contributed by atoms with E-state index in [-0.39, 0.29) is 0 Å². The van der Waals surface area contributed by atoms with E-state index in [2.05, 4.69) is 15.7 Å². The van der Waals surface area contributed by atoms with Crippen LogP contribution in [0.4, 0.5) is 0 Å². The van der Waals surface area contributed by atoms with Gasteiger partial charge in [0.25, 0.3) is 0 Å². The van der Waals surface area contributed by atoms with Crippen LogP contribution in [0.15, 0.2) is 28.4 Å². The lowest BCUT2D eigenvalue weighted by Gasteiger charge is -1.84. The van der Waals surface area contributed by atoms with Crippen LogP contribution in [0, 0.1) is 6.92 Å². The monoisotopic (exact) mass is 132 g/mol. The minimum absolute atomic E-state index is 0.875. The van der Waals surface area contributed by atoms with Crippen molar-refractivity contribution in [2.24, 2.45) is 10.2 Å². The third-order valence-electron chi connectivity index (χ3n) is 1.51. The van der Waals surface area contributed by atoms with Gasteiger partial charge in [0.15, 0.2) is 0 Å². The summed E-state index contributed by atoms with van der Waals surface area (Å²) in [5, 5.41) is 9.46. The molecule has 1 aliphatic rings. The van der Waals surface area contributed by atoms with Gasteiger partial charge in [0.05, 0.1) is 0 Å². The van der Waals surface area contributed by atoms with E-state index in [9.17, 15) is 0 Å². The van der Waals surface area contributed by atoms with Gasteiger partial charge in [-0.15, -0.1) is 10.2 Å². The number of hydrogen-bond donors (Lipinski definition) is 0. The van der Waals surface area contributed by atoms with Gasteiger partial charge in [0, 0.05) is 0 Å². The third kappa shape index (κ3) is 0.603. The van der Waals surface area contributed by atoms with E-state index < -0.39 is 0 Å². The van der Waals surface area contributed by atoms with Crippen molar-refractivity contribution in [3.05, 3.63) is 34.5 Å². The average molecular weight is 132 g/mol. The second-order valence-electron chi connectivity index (χ2n) is 2.23. The van der Waals surface area contributed by atoms with Crippen LogP contribution in [0.5, 0.6) is 0 Å². The fraction of sp³-hybridized carbons (Fsp3) is 0.143. The molecule has 1 radical (unpaired) electrons. The van der Waals surface area contributed by atoms with Crippen molar-refractivity contribution in [3.63, 3.8) is 0 Å². The van der Waals surface area contributed by atoms with E-state index in [1.807, 2.05) is 25.1 Å². The number of rotatable bonds is 0. The average Bonchev–Trinajstić information content (AvgIpc) is 2.36. The summed E-state index contributed by atoms with van der Waals surface area (Å²) in [6, 6.07) is 5.86. The molecule has 0 spiro atoms. The number of aryl methyl sites for hydroxylation is 1. The topological polar surface area (TPSA) is 38.8 Å². The summed E-state index contributed by atoms with van der Waals surface area (Å²) in [5.41, 5.74) is 4.69. The molecule has 49 valence electrons. The quantitative estimate of drug-likeness (QED) is 0.464. The molecular weight excluding hydrogens is 126 g/mol. The van der Waals surface area contributed by atoms with Crippen LogP contribution in [0.1, 0.15) is 5.56 Å². The summed E-state index contributed by atoms with van der Waals surface area (Å²) in [6.07, 6.45) is 0. The SMILES string of the molecule is Cc1cccc2c1=N[N]N=2. The van der Waals surface area contributed by atoms with Crippen LogP contribution in [0.2, 0.25) is 0 Å². The van der Waals surface area contributed by atoms with Crippen molar-refractivity contribution >= 4 is 0 Å². The van der Waals surface area contributed by atoms with E-state index >= 15 is 0 Å². The predicted octanol–water partition coefficient (Wildman–Crippen LogP) is -0.318. The van der Waals surface area contributed by atoms with Crippen LogP contribution in [-0.4, -0.2) is 0 Å². The third-order valence-corrected chi connectivity index (χ3v) is 1.51. The summed E-state index contributed by atoms with van der Waals surface area (Å²) in [5.74, 6) is 0. The molecule has 0 atom stereocenters. The highest BCUT2D eigenvalue weighted by Gasteiger charge is 1.98. The maximum absolute atomic E-state index is 3.86. The molecule has 10 heavy (non-hydrogen) atoms. The van der Waals surface area contributed by atoms with E-state index in [4.69, 9.17) is 0 Å². The molecule has 2 rings (SSSR count). The first-order valence-corrected chi connectivity index (χ1v) is 3.09. The summed E-state index contributed by atoms with van der Waals surface area (Å²) < 4.78 is 0. The highest BCUT2D eigenvalue weighted by molar-refractivity contribution is 5.12. The molecule has 0 bridgehead atoms. The molecule has 1 heterocycles. The normalized spacial score (nSPS) is 12.9. The highest BCUT2D eigenvalue weighted by atomic mass is 15.5. The predicted molar refractivity (Wildman–Crippen MR) is 35.6 cm³/mol. The molecule has 0 saturated heterocycles. The van der Waals surface area contributed by atoms with E-state index in [1.54, 1.807) is 0 Å². The van der Waals surface area contributed by atoms with E-state index in [0.29, 0.717) is 0 Å². The van der Waals surface area contributed by atoms with Crippen LogP contribution >= 0.6 is 0 Å². The van der Waals surface area contributed by atoms with Crippen LogP contribution in [0.3, 0.4) is 0 Å².